The van der Waals surface area contributed by atoms with E-state index in [1.807, 2.05) is 0 Å². The standard InChI is InChI=1S/C7H6N2O7/c10-5-2-1-4(8(13)14)3-7(5,6(11)12)9(15)16/h1-3,5,10H,(H,11,12). The number of rotatable bonds is 3. The van der Waals surface area contributed by atoms with Gasteiger partial charge >= 0.3 is 11.5 Å². The van der Waals surface area contributed by atoms with E-state index in [0.29, 0.717) is 12.2 Å². The molecule has 0 aromatic heterocycles. The number of carboxylic acid groups (broad SMARTS) is 1. The number of aliphatic hydroxyl groups is 1. The molecular weight excluding hydrogens is 224 g/mol. The lowest BCUT2D eigenvalue weighted by atomic mass is 9.88. The van der Waals surface area contributed by atoms with Crippen LogP contribution in [0.4, 0.5) is 0 Å². The smallest absolute Gasteiger partial charge is 0.390 e. The third-order valence-corrected chi connectivity index (χ3v) is 2.12. The molecule has 0 heterocycles. The lowest BCUT2D eigenvalue weighted by Crippen LogP contribution is -2.55. The Kier molecular flexibility index (Phi) is 2.72. The fraction of sp³-hybridized carbons (Fsp3) is 0.286. The molecule has 0 saturated carbocycles. The highest BCUT2D eigenvalue weighted by Gasteiger charge is 2.58. The second-order valence-corrected chi connectivity index (χ2v) is 3.02. The zero-order valence-electron chi connectivity index (χ0n) is 7.64. The van der Waals surface area contributed by atoms with Crippen LogP contribution in [0.3, 0.4) is 0 Å². The summed E-state index contributed by atoms with van der Waals surface area (Å²) in [6, 6.07) is 0. The highest BCUT2D eigenvalue weighted by atomic mass is 16.6. The number of carbonyl (C=O) groups is 1. The molecule has 0 saturated heterocycles. The summed E-state index contributed by atoms with van der Waals surface area (Å²) in [6.45, 7) is 0. The fourth-order valence-corrected chi connectivity index (χ4v) is 1.24. The molecule has 9 heteroatoms. The van der Waals surface area contributed by atoms with Gasteiger partial charge in [0.15, 0.2) is 6.10 Å². The second-order valence-electron chi connectivity index (χ2n) is 3.02. The fourth-order valence-electron chi connectivity index (χ4n) is 1.24. The summed E-state index contributed by atoms with van der Waals surface area (Å²) in [5.41, 5.74) is -3.65. The molecule has 0 bridgehead atoms. The normalized spacial score (nSPS) is 28.3. The van der Waals surface area contributed by atoms with Gasteiger partial charge in [0.2, 0.25) is 0 Å². The van der Waals surface area contributed by atoms with Crippen LogP contribution in [-0.2, 0) is 4.79 Å². The average molecular weight is 230 g/mol. The maximum atomic E-state index is 10.8. The second kappa shape index (κ2) is 3.70. The minimum Gasteiger partial charge on any atom is -0.476 e. The molecule has 0 spiro atoms. The number of aliphatic hydroxyl groups excluding tert-OH is 1. The van der Waals surface area contributed by atoms with Crippen molar-refractivity contribution in [2.75, 3.05) is 0 Å². The molecule has 0 aromatic carbocycles. The SMILES string of the molecule is O=C(O)C1([N+](=O)[O-])C=C([N+](=O)[O-])C=CC1O. The lowest BCUT2D eigenvalue weighted by Gasteiger charge is -2.22. The van der Waals surface area contributed by atoms with Crippen LogP contribution in [0.1, 0.15) is 0 Å². The monoisotopic (exact) mass is 230 g/mol. The predicted octanol–water partition coefficient (Wildman–Crippen LogP) is -0.822. The Balaban J connectivity index is 3.38. The Morgan fingerprint density at radius 2 is 2.00 bits per heavy atom. The van der Waals surface area contributed by atoms with Crippen LogP contribution in [0.5, 0.6) is 0 Å². The molecule has 0 amide bonds. The van der Waals surface area contributed by atoms with Crippen LogP contribution in [-0.4, -0.2) is 37.7 Å². The first-order valence-corrected chi connectivity index (χ1v) is 3.93. The third-order valence-electron chi connectivity index (χ3n) is 2.12. The Hall–Kier alpha value is -2.29. The molecule has 0 fully saturated rings. The van der Waals surface area contributed by atoms with Crippen molar-refractivity contribution in [2.24, 2.45) is 0 Å². The quantitative estimate of drug-likeness (QED) is 0.475. The maximum absolute atomic E-state index is 10.8. The van der Waals surface area contributed by atoms with Crippen molar-refractivity contribution in [1.82, 2.24) is 0 Å². The highest BCUT2D eigenvalue weighted by Crippen LogP contribution is 2.26. The van der Waals surface area contributed by atoms with Gasteiger partial charge in [0.25, 0.3) is 5.70 Å². The van der Waals surface area contributed by atoms with Crippen LogP contribution in [0, 0.1) is 20.2 Å². The van der Waals surface area contributed by atoms with E-state index in [-0.39, 0.29) is 0 Å². The van der Waals surface area contributed by atoms with Crippen molar-refractivity contribution < 1.29 is 24.9 Å². The third kappa shape index (κ3) is 1.52. The Morgan fingerprint density at radius 3 is 2.38 bits per heavy atom. The van der Waals surface area contributed by atoms with Gasteiger partial charge in [-0.1, -0.05) is 0 Å². The average Bonchev–Trinajstić information content (AvgIpc) is 2.16. The van der Waals surface area contributed by atoms with Gasteiger partial charge in [-0.15, -0.1) is 0 Å². The van der Waals surface area contributed by atoms with Gasteiger partial charge in [0.05, 0.1) is 11.0 Å². The molecule has 1 rings (SSSR count). The van der Waals surface area contributed by atoms with Crippen molar-refractivity contribution in [3.8, 4) is 0 Å². The summed E-state index contributed by atoms with van der Waals surface area (Å²) in [4.78, 5) is 29.6. The first-order valence-electron chi connectivity index (χ1n) is 3.93. The van der Waals surface area contributed by atoms with Crippen molar-refractivity contribution in [1.29, 1.82) is 0 Å². The predicted molar refractivity (Wildman–Crippen MR) is 47.6 cm³/mol. The van der Waals surface area contributed by atoms with Crippen LogP contribution in [0.2, 0.25) is 0 Å². The van der Waals surface area contributed by atoms with Gasteiger partial charge in [0.1, 0.15) is 0 Å². The van der Waals surface area contributed by atoms with Crippen molar-refractivity contribution in [2.45, 2.75) is 11.6 Å². The summed E-state index contributed by atoms with van der Waals surface area (Å²) in [5, 5.41) is 39.1. The Morgan fingerprint density at radius 1 is 1.44 bits per heavy atom. The highest BCUT2D eigenvalue weighted by molar-refractivity contribution is 5.82. The summed E-state index contributed by atoms with van der Waals surface area (Å²) in [6.07, 6.45) is -0.117. The molecule has 1 aliphatic carbocycles. The number of aliphatic carboxylic acids is 1. The Labute approximate surface area is 87.6 Å². The van der Waals surface area contributed by atoms with Crippen LogP contribution in [0.15, 0.2) is 23.9 Å². The molecule has 9 nitrogen and oxygen atoms in total. The minimum absolute atomic E-state index is 0.319. The molecule has 2 N–H and O–H groups in total. The number of hydrogen-bond donors (Lipinski definition) is 2. The molecule has 16 heavy (non-hydrogen) atoms. The van der Waals surface area contributed by atoms with Gasteiger partial charge in [0, 0.05) is 11.0 Å². The van der Waals surface area contributed by atoms with Crippen LogP contribution in [0.25, 0.3) is 0 Å². The Bertz CT molecular complexity index is 410. The van der Waals surface area contributed by atoms with Gasteiger partial charge in [-0.3, -0.25) is 20.2 Å². The van der Waals surface area contributed by atoms with E-state index in [1.165, 1.54) is 0 Å². The van der Waals surface area contributed by atoms with Crippen molar-refractivity contribution >= 4 is 5.97 Å². The maximum Gasteiger partial charge on any atom is 0.390 e. The van der Waals surface area contributed by atoms with Crippen LogP contribution < -0.4 is 0 Å². The lowest BCUT2D eigenvalue weighted by molar-refractivity contribution is -0.552. The topological polar surface area (TPSA) is 144 Å². The van der Waals surface area contributed by atoms with Crippen molar-refractivity contribution in [3.63, 3.8) is 0 Å². The first kappa shape index (κ1) is 11.8. The minimum atomic E-state index is -2.91. The number of carboxylic acids is 1. The van der Waals surface area contributed by atoms with E-state index in [2.05, 4.69) is 0 Å². The van der Waals surface area contributed by atoms with Gasteiger partial charge in [-0.2, -0.15) is 0 Å². The molecule has 0 radical (unpaired) electrons. The van der Waals surface area contributed by atoms with Crippen molar-refractivity contribution in [3.05, 3.63) is 44.2 Å². The number of hydrogen-bond acceptors (Lipinski definition) is 6. The van der Waals surface area contributed by atoms with Gasteiger partial charge < -0.3 is 10.2 Å². The zero-order chi connectivity index (χ0) is 12.5. The van der Waals surface area contributed by atoms with E-state index in [4.69, 9.17) is 5.11 Å². The number of nitro groups is 2. The first-order chi connectivity index (χ1) is 7.32. The largest absolute Gasteiger partial charge is 0.476 e. The zero-order valence-corrected chi connectivity index (χ0v) is 7.64. The van der Waals surface area contributed by atoms with Gasteiger partial charge in [-0.05, 0) is 6.08 Å². The molecule has 0 aromatic rings. The van der Waals surface area contributed by atoms with E-state index in [9.17, 15) is 30.1 Å². The summed E-state index contributed by atoms with van der Waals surface area (Å²) < 4.78 is 0. The summed E-state index contributed by atoms with van der Waals surface area (Å²) >= 11 is 0. The van der Waals surface area contributed by atoms with E-state index in [1.54, 1.807) is 0 Å². The van der Waals surface area contributed by atoms with Gasteiger partial charge in [-0.25, -0.2) is 4.79 Å². The summed E-state index contributed by atoms with van der Waals surface area (Å²) in [5.74, 6) is -1.96. The number of allylic oxidation sites excluding steroid dienone is 1. The van der Waals surface area contributed by atoms with E-state index in [0.717, 1.165) is 6.08 Å². The molecule has 2 atom stereocenters. The summed E-state index contributed by atoms with van der Waals surface area (Å²) in [7, 11) is 0. The van der Waals surface area contributed by atoms with E-state index < -0.39 is 33.2 Å². The molecule has 2 unspecified atom stereocenters. The van der Waals surface area contributed by atoms with Crippen LogP contribution >= 0.6 is 0 Å². The molecule has 0 aliphatic heterocycles. The van der Waals surface area contributed by atoms with E-state index >= 15 is 0 Å². The number of nitrogens with zero attached hydrogens (tertiary/aromatic N) is 2. The molecular formula is C7H6N2O7. The molecule has 86 valence electrons. The molecule has 1 aliphatic rings.